The molecule has 180 valence electrons. The third-order valence-corrected chi connectivity index (χ3v) is 7.56. The molecule has 1 N–H and O–H groups in total. The summed E-state index contributed by atoms with van der Waals surface area (Å²) in [6.45, 7) is 10.1. The topological polar surface area (TPSA) is 69.7 Å². The van der Waals surface area contributed by atoms with Crippen molar-refractivity contribution in [2.75, 3.05) is 35.1 Å². The zero-order valence-corrected chi connectivity index (χ0v) is 21.2. The van der Waals surface area contributed by atoms with Crippen LogP contribution in [0.25, 0.3) is 0 Å². The monoisotopic (exact) mass is 471 g/mol. The van der Waals surface area contributed by atoms with Crippen LogP contribution in [0.2, 0.25) is 0 Å². The number of carbonyl (C=O) groups excluding carboxylic acids is 1. The number of para-hydroxylation sites is 1. The first-order valence-electron chi connectivity index (χ1n) is 11.8. The van der Waals surface area contributed by atoms with Gasteiger partial charge in [-0.1, -0.05) is 51.1 Å². The minimum Gasteiger partial charge on any atom is -0.372 e. The van der Waals surface area contributed by atoms with Gasteiger partial charge in [0.15, 0.2) is 0 Å². The van der Waals surface area contributed by atoms with Crippen molar-refractivity contribution < 1.29 is 13.2 Å². The van der Waals surface area contributed by atoms with E-state index in [0.717, 1.165) is 36.4 Å². The van der Waals surface area contributed by atoms with Gasteiger partial charge in [-0.15, -0.1) is 0 Å². The summed E-state index contributed by atoms with van der Waals surface area (Å²) in [5.74, 6) is 0.587. The molecule has 0 radical (unpaired) electrons. The number of hydrogen-bond acceptors (Lipinski definition) is 4. The largest absolute Gasteiger partial charge is 0.372 e. The van der Waals surface area contributed by atoms with Gasteiger partial charge >= 0.3 is 0 Å². The van der Waals surface area contributed by atoms with Crippen molar-refractivity contribution in [1.82, 2.24) is 5.32 Å². The molecule has 1 fully saturated rings. The molecule has 3 rings (SSSR count). The van der Waals surface area contributed by atoms with E-state index in [1.165, 1.54) is 22.8 Å². The Morgan fingerprint density at radius 2 is 1.67 bits per heavy atom. The maximum absolute atomic E-state index is 12.9. The van der Waals surface area contributed by atoms with Crippen LogP contribution in [0.3, 0.4) is 0 Å². The molecule has 0 saturated carbocycles. The molecule has 1 aliphatic heterocycles. The number of hydrogen-bond donors (Lipinski definition) is 1. The third kappa shape index (κ3) is 6.50. The number of amides is 1. The lowest BCUT2D eigenvalue weighted by Crippen LogP contribution is -2.41. The number of sulfonamides is 1. The van der Waals surface area contributed by atoms with E-state index in [0.29, 0.717) is 5.69 Å². The van der Waals surface area contributed by atoms with Crippen LogP contribution in [-0.4, -0.2) is 40.2 Å². The van der Waals surface area contributed by atoms with Crippen LogP contribution in [-0.2, 0) is 14.8 Å². The van der Waals surface area contributed by atoms with E-state index in [-0.39, 0.29) is 24.4 Å². The van der Waals surface area contributed by atoms with Gasteiger partial charge in [0, 0.05) is 18.8 Å². The van der Waals surface area contributed by atoms with Gasteiger partial charge in [-0.05, 0) is 60.9 Å². The molecule has 7 heteroatoms. The van der Waals surface area contributed by atoms with Gasteiger partial charge in [0.05, 0.1) is 18.0 Å². The number of anilines is 2. The second kappa shape index (κ2) is 10.6. The number of piperidine rings is 1. The van der Waals surface area contributed by atoms with Crippen LogP contribution in [0.5, 0.6) is 0 Å². The Morgan fingerprint density at radius 3 is 2.24 bits per heavy atom. The van der Waals surface area contributed by atoms with Crippen LogP contribution >= 0.6 is 0 Å². The van der Waals surface area contributed by atoms with Gasteiger partial charge in [0.25, 0.3) is 0 Å². The van der Waals surface area contributed by atoms with Gasteiger partial charge in [-0.3, -0.25) is 9.10 Å². The van der Waals surface area contributed by atoms with Gasteiger partial charge in [-0.25, -0.2) is 8.42 Å². The fourth-order valence-corrected chi connectivity index (χ4v) is 5.20. The summed E-state index contributed by atoms with van der Waals surface area (Å²) in [5, 5.41) is 2.96. The first kappa shape index (κ1) is 25.1. The molecule has 0 aliphatic carbocycles. The predicted molar refractivity (Wildman–Crippen MR) is 136 cm³/mol. The zero-order valence-electron chi connectivity index (χ0n) is 20.4. The van der Waals surface area contributed by atoms with E-state index in [1.54, 1.807) is 12.1 Å². The quantitative estimate of drug-likeness (QED) is 0.606. The van der Waals surface area contributed by atoms with Crippen LogP contribution < -0.4 is 14.5 Å². The molecular formula is C26H37N3O3S. The molecular weight excluding hydrogens is 434 g/mol. The third-order valence-electron chi connectivity index (χ3n) is 6.43. The normalized spacial score (nSPS) is 16.0. The van der Waals surface area contributed by atoms with E-state index >= 15 is 0 Å². The Morgan fingerprint density at radius 1 is 1.06 bits per heavy atom. The van der Waals surface area contributed by atoms with E-state index < -0.39 is 10.0 Å². The van der Waals surface area contributed by atoms with Gasteiger partial charge < -0.3 is 10.2 Å². The van der Waals surface area contributed by atoms with Crippen molar-refractivity contribution in [1.29, 1.82) is 0 Å². The lowest BCUT2D eigenvalue weighted by molar-refractivity contribution is -0.120. The molecule has 33 heavy (non-hydrogen) atoms. The van der Waals surface area contributed by atoms with Crippen LogP contribution in [0, 0.1) is 5.92 Å². The SMILES string of the molecule is CC1CCN(c2ccc(C(C)NC(=O)CN(c3ccccc3C(C)C)S(C)(=O)=O)cc2)CC1. The highest BCUT2D eigenvalue weighted by atomic mass is 32.2. The molecule has 1 heterocycles. The van der Waals surface area contributed by atoms with Crippen molar-refractivity contribution >= 4 is 27.3 Å². The van der Waals surface area contributed by atoms with E-state index in [4.69, 9.17) is 0 Å². The van der Waals surface area contributed by atoms with Crippen LogP contribution in [0.1, 0.15) is 63.6 Å². The highest BCUT2D eigenvalue weighted by molar-refractivity contribution is 7.92. The van der Waals surface area contributed by atoms with E-state index in [1.807, 2.05) is 45.0 Å². The Kier molecular flexibility index (Phi) is 8.05. The Balaban J connectivity index is 1.68. The minimum atomic E-state index is -3.62. The second-order valence-electron chi connectivity index (χ2n) is 9.53. The average Bonchev–Trinajstić information content (AvgIpc) is 2.77. The van der Waals surface area contributed by atoms with E-state index in [9.17, 15) is 13.2 Å². The van der Waals surface area contributed by atoms with Crippen molar-refractivity contribution in [3.63, 3.8) is 0 Å². The number of rotatable bonds is 8. The summed E-state index contributed by atoms with van der Waals surface area (Å²) < 4.78 is 26.3. The summed E-state index contributed by atoms with van der Waals surface area (Å²) in [6.07, 6.45) is 3.57. The fourth-order valence-electron chi connectivity index (χ4n) is 4.33. The summed E-state index contributed by atoms with van der Waals surface area (Å²) >= 11 is 0. The Labute approximate surface area is 199 Å². The number of nitrogens with one attached hydrogen (secondary N) is 1. The molecule has 1 atom stereocenters. The van der Waals surface area contributed by atoms with Gasteiger partial charge in [-0.2, -0.15) is 0 Å². The van der Waals surface area contributed by atoms with Crippen LogP contribution in [0.15, 0.2) is 48.5 Å². The number of carbonyl (C=O) groups is 1. The highest BCUT2D eigenvalue weighted by Gasteiger charge is 2.25. The molecule has 0 bridgehead atoms. The summed E-state index contributed by atoms with van der Waals surface area (Å²) in [4.78, 5) is 15.3. The lowest BCUT2D eigenvalue weighted by atomic mass is 9.98. The maximum atomic E-state index is 12.9. The molecule has 0 spiro atoms. The first-order valence-corrected chi connectivity index (χ1v) is 13.6. The molecule has 2 aromatic carbocycles. The summed E-state index contributed by atoms with van der Waals surface area (Å²) in [6, 6.07) is 15.4. The summed E-state index contributed by atoms with van der Waals surface area (Å²) in [5.41, 5.74) is 3.65. The predicted octanol–water partition coefficient (Wildman–Crippen LogP) is 4.69. The molecule has 1 saturated heterocycles. The average molecular weight is 472 g/mol. The highest BCUT2D eigenvalue weighted by Crippen LogP contribution is 2.29. The summed E-state index contributed by atoms with van der Waals surface area (Å²) in [7, 11) is -3.62. The minimum absolute atomic E-state index is 0.133. The Hall–Kier alpha value is -2.54. The van der Waals surface area contributed by atoms with Gasteiger partial charge in [0.2, 0.25) is 15.9 Å². The smallest absolute Gasteiger partial charge is 0.241 e. The molecule has 0 aromatic heterocycles. The standard InChI is InChI=1S/C26H37N3O3S/c1-19(2)24-8-6-7-9-25(24)29(33(5,31)32)18-26(30)27-21(4)22-10-12-23(13-11-22)28-16-14-20(3)15-17-28/h6-13,19-21H,14-18H2,1-5H3,(H,27,30). The van der Waals surface area contributed by atoms with Crippen LogP contribution in [0.4, 0.5) is 11.4 Å². The molecule has 1 amide bonds. The molecule has 2 aromatic rings. The van der Waals surface area contributed by atoms with Crippen molar-refractivity contribution in [2.45, 2.75) is 52.5 Å². The van der Waals surface area contributed by atoms with Crippen molar-refractivity contribution in [3.05, 3.63) is 59.7 Å². The first-order chi connectivity index (χ1) is 15.6. The Bertz CT molecular complexity index is 1040. The lowest BCUT2D eigenvalue weighted by Gasteiger charge is -2.32. The van der Waals surface area contributed by atoms with Crippen molar-refractivity contribution in [3.8, 4) is 0 Å². The number of nitrogens with zero attached hydrogens (tertiary/aromatic N) is 2. The molecule has 1 unspecified atom stereocenters. The molecule has 1 aliphatic rings. The van der Waals surface area contributed by atoms with Crippen molar-refractivity contribution in [2.24, 2.45) is 5.92 Å². The van der Waals surface area contributed by atoms with E-state index in [2.05, 4.69) is 29.3 Å². The zero-order chi connectivity index (χ0) is 24.2. The maximum Gasteiger partial charge on any atom is 0.241 e. The molecule has 6 nitrogen and oxygen atoms in total. The fraction of sp³-hybridized carbons (Fsp3) is 0.500. The van der Waals surface area contributed by atoms with Gasteiger partial charge in [0.1, 0.15) is 6.54 Å². The second-order valence-corrected chi connectivity index (χ2v) is 11.4. The number of benzene rings is 2.